The predicted molar refractivity (Wildman–Crippen MR) is 88.1 cm³/mol. The molecule has 0 spiro atoms. The average Bonchev–Trinajstić information content (AvgIpc) is 2.57. The molecule has 1 heterocycles. The molecule has 0 atom stereocenters. The highest BCUT2D eigenvalue weighted by Crippen LogP contribution is 2.24. The number of anilines is 1. The van der Waals surface area contributed by atoms with Gasteiger partial charge in [-0.15, -0.1) is 0 Å². The summed E-state index contributed by atoms with van der Waals surface area (Å²) < 4.78 is 0. The van der Waals surface area contributed by atoms with Crippen molar-refractivity contribution in [2.24, 2.45) is 5.92 Å². The van der Waals surface area contributed by atoms with Gasteiger partial charge in [0, 0.05) is 31.9 Å². The van der Waals surface area contributed by atoms with Gasteiger partial charge >= 0.3 is 0 Å². The van der Waals surface area contributed by atoms with Crippen LogP contribution in [-0.2, 0) is 0 Å². The molecule has 1 aromatic rings. The normalized spacial score (nSPS) is 21.4. The highest BCUT2D eigenvalue weighted by molar-refractivity contribution is 5.94. The fourth-order valence-electron chi connectivity index (χ4n) is 3.01. The van der Waals surface area contributed by atoms with E-state index in [-0.39, 0.29) is 18.6 Å². The van der Waals surface area contributed by atoms with E-state index in [1.165, 1.54) is 0 Å². The molecule has 0 bridgehead atoms. The van der Waals surface area contributed by atoms with E-state index in [0.29, 0.717) is 11.5 Å². The van der Waals surface area contributed by atoms with Gasteiger partial charge in [0.2, 0.25) is 0 Å². The van der Waals surface area contributed by atoms with Gasteiger partial charge in [-0.05, 0) is 57.6 Å². The lowest BCUT2D eigenvalue weighted by molar-refractivity contribution is 0.0913. The Balaban J connectivity index is 1.90. The number of nitrogens with zero attached hydrogens (tertiary/aromatic N) is 2. The van der Waals surface area contributed by atoms with Crippen LogP contribution in [-0.4, -0.2) is 41.7 Å². The second-order valence-corrected chi connectivity index (χ2v) is 5.95. The quantitative estimate of drug-likeness (QED) is 0.846. The molecule has 1 aliphatic carbocycles. The summed E-state index contributed by atoms with van der Waals surface area (Å²) in [7, 11) is 0. The number of amides is 1. The van der Waals surface area contributed by atoms with E-state index in [1.54, 1.807) is 6.20 Å². The fraction of sp³-hybridized carbons (Fsp3) is 0.647. The van der Waals surface area contributed by atoms with Crippen molar-refractivity contribution in [1.82, 2.24) is 10.3 Å². The minimum absolute atomic E-state index is 0.0500. The lowest BCUT2D eigenvalue weighted by Crippen LogP contribution is -2.38. The largest absolute Gasteiger partial charge is 0.396 e. The highest BCUT2D eigenvalue weighted by Gasteiger charge is 2.22. The minimum Gasteiger partial charge on any atom is -0.396 e. The SMILES string of the molecule is CCN(CC)c1ccc(C(=O)NC2CCC(CO)CC2)cn1. The van der Waals surface area contributed by atoms with Crippen LogP contribution in [0.4, 0.5) is 5.82 Å². The minimum atomic E-state index is -0.0500. The molecule has 0 aromatic carbocycles. The summed E-state index contributed by atoms with van der Waals surface area (Å²) in [5.74, 6) is 1.26. The number of hydrogen-bond acceptors (Lipinski definition) is 4. The third-order valence-corrected chi connectivity index (χ3v) is 4.54. The number of aliphatic hydroxyl groups excluding tert-OH is 1. The third-order valence-electron chi connectivity index (χ3n) is 4.54. The van der Waals surface area contributed by atoms with Crippen LogP contribution in [0.15, 0.2) is 18.3 Å². The van der Waals surface area contributed by atoms with Crippen molar-refractivity contribution < 1.29 is 9.90 Å². The summed E-state index contributed by atoms with van der Waals surface area (Å²) in [6, 6.07) is 3.97. The fourth-order valence-corrected chi connectivity index (χ4v) is 3.01. The molecule has 1 fully saturated rings. The first-order chi connectivity index (χ1) is 10.7. The molecule has 1 amide bonds. The van der Waals surface area contributed by atoms with Gasteiger partial charge in [0.25, 0.3) is 5.91 Å². The van der Waals surface area contributed by atoms with Crippen molar-refractivity contribution in [2.75, 3.05) is 24.6 Å². The number of hydrogen-bond donors (Lipinski definition) is 2. The molecule has 5 heteroatoms. The molecule has 1 aromatic heterocycles. The zero-order valence-corrected chi connectivity index (χ0v) is 13.6. The van der Waals surface area contributed by atoms with Gasteiger partial charge in [-0.3, -0.25) is 4.79 Å². The predicted octanol–water partition coefficient (Wildman–Crippen LogP) is 2.21. The van der Waals surface area contributed by atoms with Crippen LogP contribution >= 0.6 is 0 Å². The van der Waals surface area contributed by atoms with Crippen LogP contribution in [0.5, 0.6) is 0 Å². The molecule has 22 heavy (non-hydrogen) atoms. The monoisotopic (exact) mass is 305 g/mol. The molecule has 0 saturated heterocycles. The van der Waals surface area contributed by atoms with E-state index in [1.807, 2.05) is 12.1 Å². The van der Waals surface area contributed by atoms with Crippen LogP contribution in [0.2, 0.25) is 0 Å². The summed E-state index contributed by atoms with van der Waals surface area (Å²) in [4.78, 5) is 18.8. The summed E-state index contributed by atoms with van der Waals surface area (Å²) in [6.07, 6.45) is 5.52. The molecule has 0 unspecified atom stereocenters. The van der Waals surface area contributed by atoms with E-state index in [9.17, 15) is 4.79 Å². The first-order valence-electron chi connectivity index (χ1n) is 8.30. The van der Waals surface area contributed by atoms with Gasteiger partial charge < -0.3 is 15.3 Å². The zero-order chi connectivity index (χ0) is 15.9. The molecule has 1 saturated carbocycles. The first kappa shape index (κ1) is 16.7. The molecule has 5 nitrogen and oxygen atoms in total. The highest BCUT2D eigenvalue weighted by atomic mass is 16.3. The van der Waals surface area contributed by atoms with Crippen LogP contribution in [0.3, 0.4) is 0 Å². The van der Waals surface area contributed by atoms with Gasteiger partial charge in [0.05, 0.1) is 5.56 Å². The Morgan fingerprint density at radius 1 is 1.27 bits per heavy atom. The van der Waals surface area contributed by atoms with Crippen molar-refractivity contribution in [3.05, 3.63) is 23.9 Å². The van der Waals surface area contributed by atoms with Gasteiger partial charge in [0.1, 0.15) is 5.82 Å². The Morgan fingerprint density at radius 2 is 1.95 bits per heavy atom. The maximum Gasteiger partial charge on any atom is 0.253 e. The lowest BCUT2D eigenvalue weighted by atomic mass is 9.86. The van der Waals surface area contributed by atoms with E-state index >= 15 is 0 Å². The zero-order valence-electron chi connectivity index (χ0n) is 13.6. The maximum absolute atomic E-state index is 12.3. The summed E-state index contributed by atoms with van der Waals surface area (Å²) in [5, 5.41) is 12.2. The molecular weight excluding hydrogens is 278 g/mol. The van der Waals surface area contributed by atoms with Gasteiger partial charge in [-0.2, -0.15) is 0 Å². The Labute approximate surface area is 132 Å². The molecule has 122 valence electrons. The smallest absolute Gasteiger partial charge is 0.253 e. The molecular formula is C17H27N3O2. The maximum atomic E-state index is 12.3. The van der Waals surface area contributed by atoms with Crippen LogP contribution in [0.1, 0.15) is 49.9 Å². The number of nitrogens with one attached hydrogen (secondary N) is 1. The Bertz CT molecular complexity index is 463. The van der Waals surface area contributed by atoms with Crippen molar-refractivity contribution in [2.45, 2.75) is 45.6 Å². The standard InChI is InChI=1S/C17H27N3O2/c1-3-20(4-2)16-10-7-14(11-18-16)17(22)19-15-8-5-13(12-21)6-9-15/h7,10-11,13,15,21H,3-6,8-9,12H2,1-2H3,(H,19,22). The molecule has 1 aliphatic rings. The second-order valence-electron chi connectivity index (χ2n) is 5.95. The van der Waals surface area contributed by atoms with Crippen molar-refractivity contribution >= 4 is 11.7 Å². The number of rotatable bonds is 6. The second kappa shape index (κ2) is 8.13. The van der Waals surface area contributed by atoms with E-state index < -0.39 is 0 Å². The number of carbonyl (C=O) groups excluding carboxylic acids is 1. The van der Waals surface area contributed by atoms with Crippen LogP contribution in [0, 0.1) is 5.92 Å². The van der Waals surface area contributed by atoms with Crippen LogP contribution < -0.4 is 10.2 Å². The molecule has 2 N–H and O–H groups in total. The van der Waals surface area contributed by atoms with E-state index in [4.69, 9.17) is 5.11 Å². The molecule has 0 radical (unpaired) electrons. The third kappa shape index (κ3) is 4.19. The van der Waals surface area contributed by atoms with Crippen molar-refractivity contribution in [1.29, 1.82) is 0 Å². The Morgan fingerprint density at radius 3 is 2.45 bits per heavy atom. The Hall–Kier alpha value is -1.62. The van der Waals surface area contributed by atoms with Crippen LogP contribution in [0.25, 0.3) is 0 Å². The topological polar surface area (TPSA) is 65.5 Å². The van der Waals surface area contributed by atoms with Gasteiger partial charge in [-0.25, -0.2) is 4.98 Å². The molecule has 2 rings (SSSR count). The first-order valence-corrected chi connectivity index (χ1v) is 8.30. The molecule has 0 aliphatic heterocycles. The van der Waals surface area contributed by atoms with Gasteiger partial charge in [0.15, 0.2) is 0 Å². The average molecular weight is 305 g/mol. The summed E-state index contributed by atoms with van der Waals surface area (Å²) in [5.41, 5.74) is 0.611. The van der Waals surface area contributed by atoms with Crippen molar-refractivity contribution in [3.8, 4) is 0 Å². The number of aliphatic hydroxyl groups is 1. The van der Waals surface area contributed by atoms with E-state index in [2.05, 4.69) is 29.0 Å². The van der Waals surface area contributed by atoms with E-state index in [0.717, 1.165) is 44.6 Å². The summed E-state index contributed by atoms with van der Waals surface area (Å²) >= 11 is 0. The number of aromatic nitrogens is 1. The van der Waals surface area contributed by atoms with Crippen molar-refractivity contribution in [3.63, 3.8) is 0 Å². The van der Waals surface area contributed by atoms with Gasteiger partial charge in [-0.1, -0.05) is 0 Å². The summed E-state index contributed by atoms with van der Waals surface area (Å²) in [6.45, 7) is 6.26. The number of carbonyl (C=O) groups is 1. The lowest BCUT2D eigenvalue weighted by Gasteiger charge is -2.28. The number of pyridine rings is 1. The Kier molecular flexibility index (Phi) is 6.19.